The average Bonchev–Trinajstić information content (AvgIpc) is 3.16. The highest BCUT2D eigenvalue weighted by molar-refractivity contribution is 5.73. The second kappa shape index (κ2) is 8.01. The monoisotopic (exact) mass is 434 g/mol. The predicted octanol–water partition coefficient (Wildman–Crippen LogP) is 4.66. The van der Waals surface area contributed by atoms with Crippen LogP contribution in [0.2, 0.25) is 0 Å². The maximum atomic E-state index is 12.8. The molecule has 7 nitrogen and oxygen atoms in total. The number of aromatic nitrogens is 4. The fraction of sp³-hybridized carbons (Fsp3) is 0.333. The van der Waals surface area contributed by atoms with E-state index in [-0.39, 0.29) is 12.4 Å². The maximum Gasteiger partial charge on any atom is 0.432 e. The van der Waals surface area contributed by atoms with E-state index in [1.807, 2.05) is 6.92 Å². The van der Waals surface area contributed by atoms with Crippen molar-refractivity contribution in [3.05, 3.63) is 47.5 Å². The smallest absolute Gasteiger partial charge is 0.432 e. The van der Waals surface area contributed by atoms with Crippen molar-refractivity contribution in [2.75, 3.05) is 6.61 Å². The zero-order valence-electron chi connectivity index (χ0n) is 17.3. The summed E-state index contributed by atoms with van der Waals surface area (Å²) in [6, 6.07) is 3.48. The van der Waals surface area contributed by atoms with E-state index < -0.39 is 23.3 Å². The number of carboxylic acids is 1. The van der Waals surface area contributed by atoms with Crippen molar-refractivity contribution in [3.8, 4) is 28.5 Å². The Bertz CT molecular complexity index is 1120. The third-order valence-corrected chi connectivity index (χ3v) is 4.74. The third kappa shape index (κ3) is 4.84. The molecule has 3 aromatic heterocycles. The number of aryl methyl sites for hydroxylation is 2. The van der Waals surface area contributed by atoms with Crippen molar-refractivity contribution in [1.82, 2.24) is 19.9 Å². The van der Waals surface area contributed by atoms with Gasteiger partial charge in [-0.2, -0.15) is 13.2 Å². The molecule has 31 heavy (non-hydrogen) atoms. The number of carbonyl (C=O) groups is 1. The predicted molar refractivity (Wildman–Crippen MR) is 106 cm³/mol. The van der Waals surface area contributed by atoms with E-state index in [4.69, 9.17) is 9.84 Å². The van der Waals surface area contributed by atoms with Gasteiger partial charge in [0.05, 0.1) is 11.6 Å². The molecule has 0 unspecified atom stereocenters. The van der Waals surface area contributed by atoms with Crippen molar-refractivity contribution in [3.63, 3.8) is 0 Å². The van der Waals surface area contributed by atoms with Crippen LogP contribution in [0.3, 0.4) is 0 Å². The first-order valence-electron chi connectivity index (χ1n) is 9.31. The SMILES string of the molecule is Cc1cc(OCC(C)(C)C(=O)O)ncc1-c1cnc(-c2ncc(C(F)(F)F)[nH]2)c(C)c1. The number of halogens is 3. The van der Waals surface area contributed by atoms with E-state index in [1.165, 1.54) is 6.20 Å². The maximum absolute atomic E-state index is 12.8. The number of nitrogens with zero attached hydrogens (tertiary/aromatic N) is 3. The number of pyridine rings is 2. The van der Waals surface area contributed by atoms with Crippen LogP contribution in [-0.4, -0.2) is 37.6 Å². The summed E-state index contributed by atoms with van der Waals surface area (Å²) in [6.07, 6.45) is -0.645. The van der Waals surface area contributed by atoms with Gasteiger partial charge >= 0.3 is 12.1 Å². The third-order valence-electron chi connectivity index (χ3n) is 4.74. The van der Waals surface area contributed by atoms with Crippen LogP contribution in [0, 0.1) is 19.3 Å². The molecule has 0 fully saturated rings. The zero-order valence-corrected chi connectivity index (χ0v) is 17.3. The van der Waals surface area contributed by atoms with Crippen molar-refractivity contribution in [1.29, 1.82) is 0 Å². The Morgan fingerprint density at radius 2 is 1.77 bits per heavy atom. The second-order valence-electron chi connectivity index (χ2n) is 7.85. The van der Waals surface area contributed by atoms with E-state index in [0.717, 1.165) is 22.9 Å². The Morgan fingerprint density at radius 1 is 1.06 bits per heavy atom. The Balaban J connectivity index is 1.83. The molecule has 0 aliphatic carbocycles. The van der Waals surface area contributed by atoms with Crippen molar-refractivity contribution in [2.45, 2.75) is 33.9 Å². The van der Waals surface area contributed by atoms with E-state index in [2.05, 4.69) is 19.9 Å². The number of ether oxygens (including phenoxy) is 1. The topological polar surface area (TPSA) is 101 Å². The molecule has 3 aromatic rings. The molecule has 10 heteroatoms. The zero-order chi connectivity index (χ0) is 23.0. The molecule has 0 bridgehead atoms. The molecule has 0 saturated heterocycles. The van der Waals surface area contributed by atoms with E-state index in [9.17, 15) is 18.0 Å². The number of carboxylic acid groups (broad SMARTS) is 1. The molecule has 0 spiro atoms. The Kier molecular flexibility index (Phi) is 5.75. The number of H-pyrrole nitrogens is 1. The molecule has 0 saturated carbocycles. The molecular formula is C21H21F3N4O3. The highest BCUT2D eigenvalue weighted by Crippen LogP contribution is 2.31. The number of alkyl halides is 3. The number of imidazole rings is 1. The largest absolute Gasteiger partial charge is 0.481 e. The summed E-state index contributed by atoms with van der Waals surface area (Å²) >= 11 is 0. The lowest BCUT2D eigenvalue weighted by Crippen LogP contribution is -2.30. The van der Waals surface area contributed by atoms with Crippen molar-refractivity contribution >= 4 is 5.97 Å². The summed E-state index contributed by atoms with van der Waals surface area (Å²) in [5.74, 6) is -0.635. The standard InChI is InChI=1S/C21H21F3N4O3/c1-11-6-16(31-10-20(3,4)19(29)30)25-8-14(11)13-5-12(2)17(26-7-13)18-27-9-15(28-18)21(22,23)24/h5-9H,10H2,1-4H3,(H,27,28)(H,29,30). The first-order valence-corrected chi connectivity index (χ1v) is 9.31. The molecule has 0 aliphatic heterocycles. The van der Waals surface area contributed by atoms with Gasteiger partial charge < -0.3 is 14.8 Å². The molecular weight excluding hydrogens is 413 g/mol. The van der Waals surface area contributed by atoms with Crippen LogP contribution in [0.1, 0.15) is 30.7 Å². The minimum Gasteiger partial charge on any atom is -0.481 e. The van der Waals surface area contributed by atoms with Gasteiger partial charge in [0.2, 0.25) is 5.88 Å². The van der Waals surface area contributed by atoms with Gasteiger partial charge in [-0.1, -0.05) is 0 Å². The number of rotatable bonds is 6. The highest BCUT2D eigenvalue weighted by Gasteiger charge is 2.33. The molecule has 0 aromatic carbocycles. The fourth-order valence-corrected chi connectivity index (χ4v) is 2.78. The molecule has 0 radical (unpaired) electrons. The van der Waals surface area contributed by atoms with Gasteiger partial charge in [-0.05, 0) is 44.9 Å². The van der Waals surface area contributed by atoms with Crippen LogP contribution in [0.25, 0.3) is 22.6 Å². The van der Waals surface area contributed by atoms with Gasteiger partial charge in [0, 0.05) is 29.6 Å². The van der Waals surface area contributed by atoms with Crippen LogP contribution in [0.4, 0.5) is 13.2 Å². The number of aromatic amines is 1. The minimum absolute atomic E-state index is 0.0352. The lowest BCUT2D eigenvalue weighted by Gasteiger charge is -2.19. The molecule has 0 atom stereocenters. The van der Waals surface area contributed by atoms with E-state index in [0.29, 0.717) is 17.1 Å². The van der Waals surface area contributed by atoms with Crippen LogP contribution in [0.15, 0.2) is 30.7 Å². The normalized spacial score (nSPS) is 12.1. The first-order chi connectivity index (χ1) is 14.4. The molecule has 3 heterocycles. The van der Waals surface area contributed by atoms with Crippen molar-refractivity contribution in [2.24, 2.45) is 5.41 Å². The molecule has 0 amide bonds. The first kappa shape index (κ1) is 22.3. The summed E-state index contributed by atoms with van der Waals surface area (Å²) in [5.41, 5.74) is 1.29. The van der Waals surface area contributed by atoms with Crippen LogP contribution in [0.5, 0.6) is 5.88 Å². The number of aliphatic carboxylic acids is 1. The van der Waals surface area contributed by atoms with E-state index in [1.54, 1.807) is 39.1 Å². The summed E-state index contributed by atoms with van der Waals surface area (Å²) in [6.45, 7) is 6.66. The minimum atomic E-state index is -4.51. The van der Waals surface area contributed by atoms with Gasteiger partial charge in [0.1, 0.15) is 18.0 Å². The Hall–Kier alpha value is -3.43. The average molecular weight is 434 g/mol. The molecule has 0 aliphatic rings. The summed E-state index contributed by atoms with van der Waals surface area (Å²) in [4.78, 5) is 25.8. The van der Waals surface area contributed by atoms with E-state index >= 15 is 0 Å². The van der Waals surface area contributed by atoms with Gasteiger partial charge in [-0.25, -0.2) is 9.97 Å². The quantitative estimate of drug-likeness (QED) is 0.585. The van der Waals surface area contributed by atoms with Crippen LogP contribution >= 0.6 is 0 Å². The second-order valence-corrected chi connectivity index (χ2v) is 7.85. The summed E-state index contributed by atoms with van der Waals surface area (Å²) < 4.78 is 43.9. The number of hydrogen-bond donors (Lipinski definition) is 2. The number of hydrogen-bond acceptors (Lipinski definition) is 5. The highest BCUT2D eigenvalue weighted by atomic mass is 19.4. The van der Waals surface area contributed by atoms with Gasteiger partial charge in [-0.15, -0.1) is 0 Å². The lowest BCUT2D eigenvalue weighted by molar-refractivity contribution is -0.148. The molecule has 2 N–H and O–H groups in total. The number of nitrogens with one attached hydrogen (secondary N) is 1. The fourth-order valence-electron chi connectivity index (χ4n) is 2.78. The molecule has 164 valence electrons. The summed E-state index contributed by atoms with van der Waals surface area (Å²) in [7, 11) is 0. The lowest BCUT2D eigenvalue weighted by atomic mass is 9.95. The Morgan fingerprint density at radius 3 is 2.32 bits per heavy atom. The van der Waals surface area contributed by atoms with Gasteiger partial charge in [0.25, 0.3) is 0 Å². The van der Waals surface area contributed by atoms with Crippen LogP contribution in [-0.2, 0) is 11.0 Å². The summed E-state index contributed by atoms with van der Waals surface area (Å²) in [5, 5.41) is 9.17. The van der Waals surface area contributed by atoms with Gasteiger partial charge in [0.15, 0.2) is 5.82 Å². The van der Waals surface area contributed by atoms with Crippen molar-refractivity contribution < 1.29 is 27.8 Å². The molecule has 3 rings (SSSR count). The van der Waals surface area contributed by atoms with Gasteiger partial charge in [-0.3, -0.25) is 9.78 Å². The Labute approximate surface area is 176 Å². The van der Waals surface area contributed by atoms with Crippen LogP contribution < -0.4 is 4.74 Å².